The van der Waals surface area contributed by atoms with Crippen LogP contribution in [0.15, 0.2) is 91.4 Å². The number of likely N-dealkylation sites (tertiary alicyclic amines) is 1. The normalized spacial score (nSPS) is 14.1. The number of hydrogen-bond acceptors (Lipinski definition) is 4. The summed E-state index contributed by atoms with van der Waals surface area (Å²) in [6.07, 6.45) is 6.63. The van der Waals surface area contributed by atoms with Gasteiger partial charge in [0.15, 0.2) is 0 Å². The van der Waals surface area contributed by atoms with Gasteiger partial charge in [0.2, 0.25) is 0 Å². The van der Waals surface area contributed by atoms with Gasteiger partial charge in [-0.05, 0) is 49.2 Å². The van der Waals surface area contributed by atoms with Crippen LogP contribution < -0.4 is 5.32 Å². The van der Waals surface area contributed by atoms with Gasteiger partial charge in [0, 0.05) is 48.8 Å². The molecule has 2 amide bonds. The highest BCUT2D eigenvalue weighted by atomic mass is 16.2. The SMILES string of the molecule is O=C(NC1CCN(C(=O)c2cn(-c3ccccc3)nc2-c2cccnc2)CC1)c1ccccc1. The van der Waals surface area contributed by atoms with E-state index in [1.54, 1.807) is 35.4 Å². The van der Waals surface area contributed by atoms with E-state index in [-0.39, 0.29) is 17.9 Å². The average Bonchev–Trinajstić information content (AvgIpc) is 3.36. The number of para-hydroxylation sites is 1. The number of nitrogens with zero attached hydrogens (tertiary/aromatic N) is 4. The van der Waals surface area contributed by atoms with E-state index >= 15 is 0 Å². The number of rotatable bonds is 5. The molecule has 1 aliphatic rings. The van der Waals surface area contributed by atoms with Gasteiger partial charge in [0.1, 0.15) is 5.69 Å². The maximum Gasteiger partial charge on any atom is 0.257 e. The first kappa shape index (κ1) is 21.6. The van der Waals surface area contributed by atoms with Crippen LogP contribution in [0.5, 0.6) is 0 Å². The van der Waals surface area contributed by atoms with Crippen molar-refractivity contribution >= 4 is 11.8 Å². The Labute approximate surface area is 198 Å². The summed E-state index contributed by atoms with van der Waals surface area (Å²) in [4.78, 5) is 32.1. The molecule has 1 fully saturated rings. The molecule has 7 nitrogen and oxygen atoms in total. The topological polar surface area (TPSA) is 80.1 Å². The van der Waals surface area contributed by atoms with Crippen LogP contribution in [0.3, 0.4) is 0 Å². The molecule has 0 spiro atoms. The molecule has 0 aliphatic carbocycles. The summed E-state index contributed by atoms with van der Waals surface area (Å²) in [6.45, 7) is 1.14. The molecule has 34 heavy (non-hydrogen) atoms. The Morgan fingerprint density at radius 1 is 0.882 bits per heavy atom. The second-order valence-corrected chi connectivity index (χ2v) is 8.32. The van der Waals surface area contributed by atoms with Gasteiger partial charge in [0.25, 0.3) is 11.8 Å². The van der Waals surface area contributed by atoms with Crippen LogP contribution in [0, 0.1) is 0 Å². The zero-order valence-electron chi connectivity index (χ0n) is 18.7. The third-order valence-corrected chi connectivity index (χ3v) is 6.05. The largest absolute Gasteiger partial charge is 0.349 e. The Hall–Kier alpha value is -4.26. The molecule has 1 N–H and O–H groups in total. The highest BCUT2D eigenvalue weighted by molar-refractivity contribution is 6.00. The highest BCUT2D eigenvalue weighted by Gasteiger charge is 2.28. The molecule has 4 aromatic rings. The highest BCUT2D eigenvalue weighted by Crippen LogP contribution is 2.25. The number of hydrogen-bond donors (Lipinski definition) is 1. The van der Waals surface area contributed by atoms with Crippen molar-refractivity contribution in [1.29, 1.82) is 0 Å². The molecule has 0 atom stereocenters. The van der Waals surface area contributed by atoms with Crippen molar-refractivity contribution in [2.75, 3.05) is 13.1 Å². The van der Waals surface area contributed by atoms with Gasteiger partial charge >= 0.3 is 0 Å². The molecular formula is C27H25N5O2. The zero-order valence-corrected chi connectivity index (χ0v) is 18.7. The van der Waals surface area contributed by atoms with Gasteiger partial charge in [-0.2, -0.15) is 5.10 Å². The van der Waals surface area contributed by atoms with E-state index in [2.05, 4.69) is 10.3 Å². The van der Waals surface area contributed by atoms with Gasteiger partial charge in [-0.15, -0.1) is 0 Å². The van der Waals surface area contributed by atoms with Gasteiger partial charge in [-0.1, -0.05) is 36.4 Å². The van der Waals surface area contributed by atoms with Crippen molar-refractivity contribution in [1.82, 2.24) is 25.0 Å². The van der Waals surface area contributed by atoms with E-state index in [1.165, 1.54) is 0 Å². The van der Waals surface area contributed by atoms with Crippen LogP contribution in [-0.2, 0) is 0 Å². The van der Waals surface area contributed by atoms with Gasteiger partial charge in [0.05, 0.1) is 11.3 Å². The van der Waals surface area contributed by atoms with Gasteiger partial charge < -0.3 is 10.2 Å². The van der Waals surface area contributed by atoms with Crippen LogP contribution in [0.4, 0.5) is 0 Å². The van der Waals surface area contributed by atoms with Gasteiger partial charge in [-0.25, -0.2) is 4.68 Å². The van der Waals surface area contributed by atoms with E-state index in [0.29, 0.717) is 42.8 Å². The maximum atomic E-state index is 13.6. The van der Waals surface area contributed by atoms with E-state index in [9.17, 15) is 9.59 Å². The lowest BCUT2D eigenvalue weighted by Crippen LogP contribution is -2.46. The number of benzene rings is 2. The molecule has 2 aromatic heterocycles. The van der Waals surface area contributed by atoms with E-state index < -0.39 is 0 Å². The number of aromatic nitrogens is 3. The summed E-state index contributed by atoms with van der Waals surface area (Å²) in [6, 6.07) is 22.7. The van der Waals surface area contributed by atoms with E-state index in [0.717, 1.165) is 11.3 Å². The fraction of sp³-hybridized carbons (Fsp3) is 0.185. The number of nitrogens with one attached hydrogen (secondary N) is 1. The summed E-state index contributed by atoms with van der Waals surface area (Å²) >= 11 is 0. The minimum Gasteiger partial charge on any atom is -0.349 e. The Morgan fingerprint density at radius 2 is 1.59 bits per heavy atom. The minimum absolute atomic E-state index is 0.0431. The predicted molar refractivity (Wildman–Crippen MR) is 130 cm³/mol. The molecule has 7 heteroatoms. The molecule has 0 bridgehead atoms. The quantitative estimate of drug-likeness (QED) is 0.498. The average molecular weight is 452 g/mol. The monoisotopic (exact) mass is 451 g/mol. The van der Waals surface area contributed by atoms with Crippen molar-refractivity contribution in [3.05, 3.63) is 103 Å². The van der Waals surface area contributed by atoms with E-state index in [4.69, 9.17) is 5.10 Å². The Bertz CT molecular complexity index is 1260. The Balaban J connectivity index is 1.32. The van der Waals surface area contributed by atoms with Crippen LogP contribution in [0.1, 0.15) is 33.6 Å². The first-order valence-electron chi connectivity index (χ1n) is 11.4. The zero-order chi connectivity index (χ0) is 23.3. The number of pyridine rings is 1. The molecule has 0 radical (unpaired) electrons. The van der Waals surface area contributed by atoms with Crippen molar-refractivity contribution in [2.24, 2.45) is 0 Å². The molecule has 5 rings (SSSR count). The van der Waals surface area contributed by atoms with Gasteiger partial charge in [-0.3, -0.25) is 14.6 Å². The second-order valence-electron chi connectivity index (χ2n) is 8.32. The lowest BCUT2D eigenvalue weighted by atomic mass is 10.0. The molecule has 0 unspecified atom stereocenters. The molecule has 3 heterocycles. The second kappa shape index (κ2) is 9.70. The first-order valence-corrected chi connectivity index (χ1v) is 11.4. The van der Waals surface area contributed by atoms with Crippen molar-refractivity contribution in [2.45, 2.75) is 18.9 Å². The number of carbonyl (C=O) groups is 2. The summed E-state index contributed by atoms with van der Waals surface area (Å²) in [7, 11) is 0. The van der Waals surface area contributed by atoms with Crippen LogP contribution >= 0.6 is 0 Å². The van der Waals surface area contributed by atoms with Crippen molar-refractivity contribution in [3.8, 4) is 16.9 Å². The third kappa shape index (κ3) is 4.59. The summed E-state index contributed by atoms with van der Waals surface area (Å²) in [5, 5.41) is 7.82. The fourth-order valence-corrected chi connectivity index (χ4v) is 4.21. The summed E-state index contributed by atoms with van der Waals surface area (Å²) in [5.74, 6) is -0.137. The Morgan fingerprint density at radius 3 is 2.26 bits per heavy atom. The molecular weight excluding hydrogens is 426 g/mol. The smallest absolute Gasteiger partial charge is 0.257 e. The molecule has 2 aromatic carbocycles. The molecule has 170 valence electrons. The maximum absolute atomic E-state index is 13.6. The molecule has 0 saturated carbocycles. The molecule has 1 aliphatic heterocycles. The Kier molecular flexibility index (Phi) is 6.16. The summed E-state index contributed by atoms with van der Waals surface area (Å²) < 4.78 is 1.74. The third-order valence-electron chi connectivity index (χ3n) is 6.05. The number of carbonyl (C=O) groups excluding carboxylic acids is 2. The van der Waals surface area contributed by atoms with Crippen LogP contribution in [0.25, 0.3) is 16.9 Å². The van der Waals surface area contributed by atoms with Crippen molar-refractivity contribution in [3.63, 3.8) is 0 Å². The van der Waals surface area contributed by atoms with E-state index in [1.807, 2.05) is 65.6 Å². The lowest BCUT2D eigenvalue weighted by Gasteiger charge is -2.32. The molecule has 1 saturated heterocycles. The predicted octanol–water partition coefficient (Wildman–Crippen LogP) is 3.97. The van der Waals surface area contributed by atoms with Crippen molar-refractivity contribution < 1.29 is 9.59 Å². The first-order chi connectivity index (χ1) is 16.7. The van der Waals surface area contributed by atoms with Crippen LogP contribution in [0.2, 0.25) is 0 Å². The number of piperidine rings is 1. The summed E-state index contributed by atoms with van der Waals surface area (Å²) in [5.41, 5.74) is 3.49. The van der Waals surface area contributed by atoms with Crippen LogP contribution in [-0.4, -0.2) is 50.6 Å². The number of amides is 2. The fourth-order valence-electron chi connectivity index (χ4n) is 4.21. The minimum atomic E-state index is -0.0756. The lowest BCUT2D eigenvalue weighted by molar-refractivity contribution is 0.0699. The standard InChI is InChI=1S/C27H25N5O2/c33-26(20-8-3-1-4-9-20)29-22-13-16-31(17-14-22)27(34)24-19-32(23-11-5-2-6-12-23)30-25(24)21-10-7-15-28-18-21/h1-12,15,18-19,22H,13-14,16-17H2,(H,29,33).